The van der Waals surface area contributed by atoms with Crippen LogP contribution in [0.4, 0.5) is 28.0 Å². The largest absolute Gasteiger partial charge is 0.416 e. The van der Waals surface area contributed by atoms with Crippen molar-refractivity contribution in [1.82, 2.24) is 9.80 Å². The summed E-state index contributed by atoms with van der Waals surface area (Å²) in [5, 5.41) is 3.01. The molecular weight excluding hydrogens is 530 g/mol. The van der Waals surface area contributed by atoms with Gasteiger partial charge in [-0.05, 0) is 41.0 Å². The maximum Gasteiger partial charge on any atom is 0.416 e. The molecule has 0 saturated heterocycles. The normalized spacial score (nSPS) is 17.0. The van der Waals surface area contributed by atoms with Crippen LogP contribution in [-0.2, 0) is 12.7 Å². The number of carbonyl (C=O) groups is 1. The highest BCUT2D eigenvalue weighted by molar-refractivity contribution is 5.94. The van der Waals surface area contributed by atoms with Crippen molar-refractivity contribution in [2.45, 2.75) is 18.8 Å². The zero-order chi connectivity index (χ0) is 28.8. The molecule has 0 unspecified atom stereocenters. The van der Waals surface area contributed by atoms with Crippen LogP contribution < -0.4 is 5.32 Å². The van der Waals surface area contributed by atoms with Crippen LogP contribution in [0.5, 0.6) is 0 Å². The summed E-state index contributed by atoms with van der Waals surface area (Å²) in [6.07, 6.45) is -1.07. The van der Waals surface area contributed by atoms with Crippen LogP contribution in [0, 0.1) is 5.82 Å². The van der Waals surface area contributed by atoms with E-state index in [0.29, 0.717) is 12.2 Å². The lowest BCUT2D eigenvalue weighted by atomic mass is 9.97. The second-order valence-electron chi connectivity index (χ2n) is 9.84. The van der Waals surface area contributed by atoms with Gasteiger partial charge in [0.1, 0.15) is 5.82 Å². The molecule has 4 nitrogen and oxygen atoms in total. The fraction of sp³-hybridized carbons (Fsp3) is 0.182. The van der Waals surface area contributed by atoms with Crippen LogP contribution in [0.15, 0.2) is 115 Å². The summed E-state index contributed by atoms with van der Waals surface area (Å²) < 4.78 is 55.5. The van der Waals surface area contributed by atoms with E-state index in [4.69, 9.17) is 0 Å². The van der Waals surface area contributed by atoms with Crippen LogP contribution in [0.1, 0.15) is 22.7 Å². The molecule has 8 heteroatoms. The Hall–Kier alpha value is -4.43. The molecule has 1 heterocycles. The standard InChI is InChI=1S/C33H29F4N3O/c34-26-18-16-24(17-19-26)23-40-22-21-39(20-8-15-31(40)28-12-4-6-13-29(28)33(35,36)37)32(41)38-30-14-7-5-11-27(30)25-9-2-1-3-10-25/h1-19,31H,20-23H2,(H,38,41)/b15-8-/t31-/m0/s1. The van der Waals surface area contributed by atoms with E-state index >= 15 is 0 Å². The summed E-state index contributed by atoms with van der Waals surface area (Å²) in [7, 11) is 0. The molecule has 5 rings (SSSR count). The molecule has 210 valence electrons. The lowest BCUT2D eigenvalue weighted by Gasteiger charge is -2.35. The number of anilines is 1. The van der Waals surface area contributed by atoms with Crippen molar-refractivity contribution >= 4 is 11.7 Å². The summed E-state index contributed by atoms with van der Waals surface area (Å²) in [5.74, 6) is -0.390. The number of hydrogen-bond acceptors (Lipinski definition) is 2. The second kappa shape index (κ2) is 12.4. The fourth-order valence-corrected chi connectivity index (χ4v) is 5.07. The lowest BCUT2D eigenvalue weighted by molar-refractivity contribution is -0.138. The zero-order valence-corrected chi connectivity index (χ0v) is 22.2. The summed E-state index contributed by atoms with van der Waals surface area (Å²) in [4.78, 5) is 16.9. The Balaban J connectivity index is 1.42. The van der Waals surface area contributed by atoms with E-state index in [0.717, 1.165) is 22.8 Å². The van der Waals surface area contributed by atoms with E-state index in [1.807, 2.05) is 59.5 Å². The van der Waals surface area contributed by atoms with Gasteiger partial charge >= 0.3 is 12.2 Å². The van der Waals surface area contributed by atoms with Gasteiger partial charge in [-0.25, -0.2) is 9.18 Å². The van der Waals surface area contributed by atoms with Crippen molar-refractivity contribution in [3.8, 4) is 11.1 Å². The number of benzene rings is 4. The molecule has 0 aliphatic carbocycles. The number of nitrogens with one attached hydrogen (secondary N) is 1. The Morgan fingerprint density at radius 2 is 1.51 bits per heavy atom. The van der Waals surface area contributed by atoms with Crippen molar-refractivity contribution in [3.05, 3.63) is 138 Å². The lowest BCUT2D eigenvalue weighted by Crippen LogP contribution is -2.43. The monoisotopic (exact) mass is 559 g/mol. The SMILES string of the molecule is O=C(Nc1ccccc1-c1ccccc1)N1C/C=C\[C@@H](c2ccccc2C(F)(F)F)N(Cc2ccc(F)cc2)CC1. The van der Waals surface area contributed by atoms with Crippen LogP contribution >= 0.6 is 0 Å². The van der Waals surface area contributed by atoms with Gasteiger partial charge in [0.15, 0.2) is 0 Å². The third kappa shape index (κ3) is 6.84. The predicted octanol–water partition coefficient (Wildman–Crippen LogP) is 8.16. The molecule has 1 aliphatic heterocycles. The molecule has 1 aliphatic rings. The van der Waals surface area contributed by atoms with Gasteiger partial charge in [0.05, 0.1) is 17.3 Å². The molecule has 0 fully saturated rings. The zero-order valence-electron chi connectivity index (χ0n) is 22.2. The third-order valence-corrected chi connectivity index (χ3v) is 7.12. The van der Waals surface area contributed by atoms with E-state index in [-0.39, 0.29) is 37.0 Å². The van der Waals surface area contributed by atoms with E-state index in [9.17, 15) is 22.4 Å². The van der Waals surface area contributed by atoms with Crippen LogP contribution in [0.25, 0.3) is 11.1 Å². The van der Waals surface area contributed by atoms with Gasteiger partial charge in [-0.2, -0.15) is 13.2 Å². The average molecular weight is 560 g/mol. The summed E-state index contributed by atoms with van der Waals surface area (Å²) in [6, 6.07) is 27.7. The summed E-state index contributed by atoms with van der Waals surface area (Å²) in [5.41, 5.74) is 2.69. The van der Waals surface area contributed by atoms with E-state index in [2.05, 4.69) is 5.32 Å². The minimum absolute atomic E-state index is 0.132. The number of hydrogen-bond donors (Lipinski definition) is 1. The first kappa shape index (κ1) is 28.1. The van der Waals surface area contributed by atoms with Gasteiger partial charge in [-0.3, -0.25) is 4.90 Å². The van der Waals surface area contributed by atoms with E-state index in [1.165, 1.54) is 24.3 Å². The van der Waals surface area contributed by atoms with E-state index in [1.54, 1.807) is 35.3 Å². The first-order valence-corrected chi connectivity index (χ1v) is 13.3. The highest BCUT2D eigenvalue weighted by Crippen LogP contribution is 2.37. The number of nitrogens with zero attached hydrogens (tertiary/aromatic N) is 2. The number of halogens is 4. The maximum atomic E-state index is 14.0. The smallest absolute Gasteiger partial charge is 0.320 e. The van der Waals surface area contributed by atoms with E-state index < -0.39 is 17.8 Å². The first-order valence-electron chi connectivity index (χ1n) is 13.3. The quantitative estimate of drug-likeness (QED) is 0.198. The number of alkyl halides is 3. The van der Waals surface area contributed by atoms with Crippen molar-refractivity contribution in [3.63, 3.8) is 0 Å². The minimum Gasteiger partial charge on any atom is -0.320 e. The fourth-order valence-electron chi connectivity index (χ4n) is 5.07. The molecule has 0 radical (unpaired) electrons. The Bertz CT molecular complexity index is 1500. The Morgan fingerprint density at radius 1 is 0.829 bits per heavy atom. The average Bonchev–Trinajstić information content (AvgIpc) is 2.96. The molecule has 41 heavy (non-hydrogen) atoms. The van der Waals surface area contributed by atoms with Crippen molar-refractivity contribution in [1.29, 1.82) is 0 Å². The number of carbonyl (C=O) groups excluding carboxylic acids is 1. The highest BCUT2D eigenvalue weighted by atomic mass is 19.4. The minimum atomic E-state index is -4.52. The van der Waals surface area contributed by atoms with Gasteiger partial charge in [0.2, 0.25) is 0 Å². The topological polar surface area (TPSA) is 35.6 Å². The number of urea groups is 1. The highest BCUT2D eigenvalue weighted by Gasteiger charge is 2.36. The Kier molecular flexibility index (Phi) is 8.50. The number of amides is 2. The van der Waals surface area contributed by atoms with Crippen LogP contribution in [0.3, 0.4) is 0 Å². The van der Waals surface area contributed by atoms with Gasteiger partial charge in [-0.1, -0.05) is 91.0 Å². The molecule has 1 atom stereocenters. The van der Waals surface area contributed by atoms with Crippen molar-refractivity contribution in [2.24, 2.45) is 0 Å². The number of para-hydroxylation sites is 1. The molecule has 1 N–H and O–H groups in total. The van der Waals surface area contributed by atoms with Crippen molar-refractivity contribution < 1.29 is 22.4 Å². The molecule has 0 aromatic heterocycles. The van der Waals surface area contributed by atoms with Gasteiger partial charge in [-0.15, -0.1) is 0 Å². The van der Waals surface area contributed by atoms with Gasteiger partial charge in [0.25, 0.3) is 0 Å². The predicted molar refractivity (Wildman–Crippen MR) is 153 cm³/mol. The Labute approximate surface area is 236 Å². The molecule has 4 aromatic rings. The molecule has 0 spiro atoms. The molecule has 4 aromatic carbocycles. The first-order chi connectivity index (χ1) is 19.8. The van der Waals surface area contributed by atoms with Crippen LogP contribution in [0.2, 0.25) is 0 Å². The van der Waals surface area contributed by atoms with Gasteiger partial charge < -0.3 is 10.2 Å². The maximum absolute atomic E-state index is 14.0. The summed E-state index contributed by atoms with van der Waals surface area (Å²) >= 11 is 0. The Morgan fingerprint density at radius 3 is 2.27 bits per heavy atom. The molecule has 0 bridgehead atoms. The van der Waals surface area contributed by atoms with Crippen molar-refractivity contribution in [2.75, 3.05) is 25.0 Å². The molecule has 2 amide bonds. The molecule has 0 saturated carbocycles. The third-order valence-electron chi connectivity index (χ3n) is 7.12. The molecular formula is C33H29F4N3O. The van der Waals surface area contributed by atoms with Crippen LogP contribution in [-0.4, -0.2) is 35.5 Å². The second-order valence-corrected chi connectivity index (χ2v) is 9.84. The summed E-state index contributed by atoms with van der Waals surface area (Å²) in [6.45, 7) is 1.07. The number of rotatable bonds is 5. The van der Waals surface area contributed by atoms with Gasteiger partial charge in [0, 0.05) is 31.7 Å².